The summed E-state index contributed by atoms with van der Waals surface area (Å²) < 4.78 is 21.5. The lowest BCUT2D eigenvalue weighted by Crippen LogP contribution is -2.53. The number of hydrogen-bond donors (Lipinski definition) is 0. The number of nitrogens with zero attached hydrogens (tertiary/aromatic N) is 6. The number of ether oxygens (including phenoxy) is 4. The fourth-order valence-electron chi connectivity index (χ4n) is 5.37. The van der Waals surface area contributed by atoms with Gasteiger partial charge in [-0.15, -0.1) is 10.2 Å². The number of methoxy groups -OCH3 is 3. The number of piperazine rings is 1. The molecule has 3 heterocycles. The van der Waals surface area contributed by atoms with E-state index >= 15 is 0 Å². The van der Waals surface area contributed by atoms with Gasteiger partial charge in [0.1, 0.15) is 12.3 Å². The van der Waals surface area contributed by atoms with Crippen LogP contribution < -0.4 is 19.1 Å². The summed E-state index contributed by atoms with van der Waals surface area (Å²) in [5.41, 5.74) is 2.10. The Morgan fingerprint density at radius 2 is 1.61 bits per heavy atom. The third-order valence-electron chi connectivity index (χ3n) is 8.01. The van der Waals surface area contributed by atoms with Crippen molar-refractivity contribution in [2.45, 2.75) is 0 Å². The smallest absolute Gasteiger partial charge is 0.254 e. The minimum absolute atomic E-state index is 0.0141. The maximum absolute atomic E-state index is 13.6. The van der Waals surface area contributed by atoms with Crippen LogP contribution in [0.3, 0.4) is 0 Å². The zero-order valence-corrected chi connectivity index (χ0v) is 25.6. The van der Waals surface area contributed by atoms with E-state index in [1.165, 1.54) is 0 Å². The number of rotatable bonds is 11. The van der Waals surface area contributed by atoms with Gasteiger partial charge in [0, 0.05) is 63.5 Å². The monoisotopic (exact) mass is 604 g/mol. The number of hydrogen-bond acceptors (Lipinski definition) is 10. The zero-order valence-electron chi connectivity index (χ0n) is 25.6. The second-order valence-electron chi connectivity index (χ2n) is 10.6. The third-order valence-corrected chi connectivity index (χ3v) is 8.01. The number of amides is 2. The predicted octanol–water partition coefficient (Wildman–Crippen LogP) is 2.29. The first kappa shape index (κ1) is 31.0. The standard InChI is InChI=1S/C32H40N6O6/c1-41-26-6-4-5-25(21-26)32(40)38(12-11-35-17-19-44-20-18-35)23-31(39)37-15-13-36(14-16-37)30-10-8-27(33-34-30)24-7-9-28(42-2)29(22-24)43-3/h4-10,21-22H,11-20,23H2,1-3H3. The van der Waals surface area contributed by atoms with Crippen LogP contribution in [0.25, 0.3) is 11.3 Å². The molecular formula is C32H40N6O6. The van der Waals surface area contributed by atoms with Crippen LogP contribution >= 0.6 is 0 Å². The number of carbonyl (C=O) groups excluding carboxylic acids is 2. The Morgan fingerprint density at radius 3 is 2.30 bits per heavy atom. The Balaban J connectivity index is 1.19. The van der Waals surface area contributed by atoms with Gasteiger partial charge in [-0.3, -0.25) is 14.5 Å². The van der Waals surface area contributed by atoms with Crippen LogP contribution in [0.2, 0.25) is 0 Å². The maximum Gasteiger partial charge on any atom is 0.254 e. The average molecular weight is 605 g/mol. The van der Waals surface area contributed by atoms with Crippen LogP contribution in [0.4, 0.5) is 5.82 Å². The van der Waals surface area contributed by atoms with Gasteiger partial charge >= 0.3 is 0 Å². The van der Waals surface area contributed by atoms with Crippen molar-refractivity contribution in [2.75, 3.05) is 98.3 Å². The first-order valence-electron chi connectivity index (χ1n) is 14.8. The van der Waals surface area contributed by atoms with E-state index in [-0.39, 0.29) is 18.4 Å². The van der Waals surface area contributed by atoms with E-state index in [2.05, 4.69) is 20.0 Å². The van der Waals surface area contributed by atoms with E-state index in [0.717, 1.165) is 30.2 Å². The molecule has 2 aliphatic heterocycles. The lowest BCUT2D eigenvalue weighted by molar-refractivity contribution is -0.132. The second kappa shape index (κ2) is 14.8. The van der Waals surface area contributed by atoms with Crippen molar-refractivity contribution in [2.24, 2.45) is 0 Å². The Labute approximate surface area is 258 Å². The first-order valence-corrected chi connectivity index (χ1v) is 14.8. The van der Waals surface area contributed by atoms with E-state index in [0.29, 0.717) is 75.3 Å². The summed E-state index contributed by atoms with van der Waals surface area (Å²) in [5.74, 6) is 2.37. The number of morpholine rings is 1. The number of benzene rings is 2. The number of aromatic nitrogens is 2. The van der Waals surface area contributed by atoms with Gasteiger partial charge in [0.2, 0.25) is 5.91 Å². The van der Waals surface area contributed by atoms with E-state index in [4.69, 9.17) is 18.9 Å². The molecule has 1 aromatic heterocycles. The van der Waals surface area contributed by atoms with Gasteiger partial charge in [-0.25, -0.2) is 0 Å². The second-order valence-corrected chi connectivity index (χ2v) is 10.6. The minimum atomic E-state index is -0.186. The predicted molar refractivity (Wildman–Crippen MR) is 166 cm³/mol. The average Bonchev–Trinajstić information content (AvgIpc) is 3.10. The molecule has 5 rings (SSSR count). The normalized spacial score (nSPS) is 15.5. The van der Waals surface area contributed by atoms with E-state index in [1.807, 2.05) is 35.2 Å². The molecule has 2 aliphatic rings. The Hall–Kier alpha value is -4.42. The van der Waals surface area contributed by atoms with Crippen LogP contribution in [-0.4, -0.2) is 130 Å². The molecule has 44 heavy (non-hydrogen) atoms. The summed E-state index contributed by atoms with van der Waals surface area (Å²) >= 11 is 0. The summed E-state index contributed by atoms with van der Waals surface area (Å²) in [6.07, 6.45) is 0. The van der Waals surface area contributed by atoms with Gasteiger partial charge in [0.25, 0.3) is 5.91 Å². The number of carbonyl (C=O) groups is 2. The molecule has 0 bridgehead atoms. The van der Waals surface area contributed by atoms with E-state index in [1.54, 1.807) is 50.5 Å². The molecular weight excluding hydrogens is 564 g/mol. The van der Waals surface area contributed by atoms with Gasteiger partial charge in [-0.1, -0.05) is 6.07 Å². The molecule has 0 aliphatic carbocycles. The molecule has 0 saturated carbocycles. The van der Waals surface area contributed by atoms with Crippen LogP contribution in [0.1, 0.15) is 10.4 Å². The highest BCUT2D eigenvalue weighted by molar-refractivity contribution is 5.97. The van der Waals surface area contributed by atoms with Crippen molar-refractivity contribution in [3.63, 3.8) is 0 Å². The highest BCUT2D eigenvalue weighted by Crippen LogP contribution is 2.31. The largest absolute Gasteiger partial charge is 0.497 e. The van der Waals surface area contributed by atoms with Crippen molar-refractivity contribution in [3.05, 3.63) is 60.2 Å². The Kier molecular flexibility index (Phi) is 10.5. The molecule has 0 N–H and O–H groups in total. The summed E-state index contributed by atoms with van der Waals surface area (Å²) in [7, 11) is 4.77. The van der Waals surface area contributed by atoms with E-state index in [9.17, 15) is 9.59 Å². The molecule has 12 heteroatoms. The van der Waals surface area contributed by atoms with E-state index < -0.39 is 0 Å². The molecule has 0 radical (unpaired) electrons. The number of anilines is 1. The highest BCUT2D eigenvalue weighted by Gasteiger charge is 2.27. The summed E-state index contributed by atoms with van der Waals surface area (Å²) in [4.78, 5) is 34.9. The SMILES string of the molecule is COc1cccc(C(=O)N(CCN2CCOCC2)CC(=O)N2CCN(c3ccc(-c4ccc(OC)c(OC)c4)nn3)CC2)c1. The van der Waals surface area contributed by atoms with Gasteiger partial charge in [0.05, 0.1) is 40.2 Å². The molecule has 234 valence electrons. The molecule has 0 spiro atoms. The Bertz CT molecular complexity index is 1410. The molecule has 12 nitrogen and oxygen atoms in total. The quantitative estimate of drug-likeness (QED) is 0.323. The lowest BCUT2D eigenvalue weighted by Gasteiger charge is -2.36. The molecule has 2 aromatic carbocycles. The summed E-state index contributed by atoms with van der Waals surface area (Å²) in [6, 6.07) is 16.6. The van der Waals surface area contributed by atoms with Crippen molar-refractivity contribution < 1.29 is 28.5 Å². The van der Waals surface area contributed by atoms with Gasteiger partial charge < -0.3 is 33.6 Å². The summed E-state index contributed by atoms with van der Waals surface area (Å²) in [5, 5.41) is 8.89. The van der Waals surface area contributed by atoms with Crippen LogP contribution in [0.5, 0.6) is 17.2 Å². The topological polar surface area (TPSA) is 110 Å². The maximum atomic E-state index is 13.6. The van der Waals surface area contributed by atoms with Gasteiger partial charge in [0.15, 0.2) is 17.3 Å². The van der Waals surface area contributed by atoms with Crippen LogP contribution in [-0.2, 0) is 9.53 Å². The zero-order chi connectivity index (χ0) is 30.9. The fourth-order valence-corrected chi connectivity index (χ4v) is 5.37. The molecule has 2 saturated heterocycles. The van der Waals surface area contributed by atoms with Crippen molar-refractivity contribution in [1.29, 1.82) is 0 Å². The van der Waals surface area contributed by atoms with Crippen LogP contribution in [0, 0.1) is 0 Å². The van der Waals surface area contributed by atoms with Crippen molar-refractivity contribution in [3.8, 4) is 28.5 Å². The molecule has 2 amide bonds. The van der Waals surface area contributed by atoms with Crippen molar-refractivity contribution in [1.82, 2.24) is 24.9 Å². The minimum Gasteiger partial charge on any atom is -0.497 e. The molecule has 2 fully saturated rings. The van der Waals surface area contributed by atoms with Crippen molar-refractivity contribution >= 4 is 17.6 Å². The lowest BCUT2D eigenvalue weighted by atomic mass is 10.1. The molecule has 0 atom stereocenters. The van der Waals surface area contributed by atoms with Crippen LogP contribution in [0.15, 0.2) is 54.6 Å². The molecule has 3 aromatic rings. The molecule has 0 unspecified atom stereocenters. The Morgan fingerprint density at radius 1 is 0.841 bits per heavy atom. The first-order chi connectivity index (χ1) is 21.5. The van der Waals surface area contributed by atoms with Gasteiger partial charge in [-0.2, -0.15) is 0 Å². The third kappa shape index (κ3) is 7.56. The highest BCUT2D eigenvalue weighted by atomic mass is 16.5. The fraction of sp³-hybridized carbons (Fsp3) is 0.438. The van der Waals surface area contributed by atoms with Gasteiger partial charge in [-0.05, 0) is 48.5 Å². The summed E-state index contributed by atoms with van der Waals surface area (Å²) in [6.45, 7) is 6.42.